The van der Waals surface area contributed by atoms with Crippen molar-refractivity contribution >= 4 is 34.8 Å². The molecule has 0 aliphatic carbocycles. The Morgan fingerprint density at radius 1 is 0.839 bits per heavy atom. The largest absolute Gasteiger partial charge is 0.427 e. The van der Waals surface area contributed by atoms with E-state index >= 15 is 0 Å². The summed E-state index contributed by atoms with van der Waals surface area (Å²) < 4.78 is 14.6. The molecule has 0 aliphatic rings. The monoisotopic (exact) mass is 413 g/mol. The van der Waals surface area contributed by atoms with E-state index in [0.717, 1.165) is 13.0 Å². The van der Waals surface area contributed by atoms with E-state index in [2.05, 4.69) is 105 Å². The van der Waals surface area contributed by atoms with Crippen LogP contribution in [0, 0.1) is 0 Å². The van der Waals surface area contributed by atoms with E-state index < -0.39 is 0 Å². The van der Waals surface area contributed by atoms with Gasteiger partial charge in [0.2, 0.25) is 0 Å². The summed E-state index contributed by atoms with van der Waals surface area (Å²) in [4.78, 5) is 0. The zero-order valence-corrected chi connectivity index (χ0v) is 19.3. The van der Waals surface area contributed by atoms with Gasteiger partial charge in [0, 0.05) is 35.5 Å². The summed E-state index contributed by atoms with van der Waals surface area (Å²) in [5, 5.41) is 2.61. The SMILES string of the molecule is CCC(C)(OC)C(C)(C)OBc1cccc(Cn2c3ccccc3c3ccccc32)c1. The van der Waals surface area contributed by atoms with Gasteiger partial charge in [-0.3, -0.25) is 0 Å². The normalized spacial score (nSPS) is 14.1. The van der Waals surface area contributed by atoms with Crippen molar-refractivity contribution in [2.45, 2.75) is 51.9 Å². The molecule has 3 nitrogen and oxygen atoms in total. The van der Waals surface area contributed by atoms with Crippen LogP contribution in [0.3, 0.4) is 0 Å². The number of nitrogens with zero attached hydrogens (tertiary/aromatic N) is 1. The summed E-state index contributed by atoms with van der Waals surface area (Å²) in [7, 11) is 2.33. The Bertz CT molecular complexity index is 1140. The second-order valence-electron chi connectivity index (χ2n) is 9.03. The molecule has 0 aliphatic heterocycles. The van der Waals surface area contributed by atoms with Crippen molar-refractivity contribution in [3.63, 3.8) is 0 Å². The van der Waals surface area contributed by atoms with Crippen LogP contribution in [0.1, 0.15) is 39.7 Å². The fraction of sp³-hybridized carbons (Fsp3) is 0.333. The third-order valence-electron chi connectivity index (χ3n) is 7.01. The van der Waals surface area contributed by atoms with E-state index in [9.17, 15) is 0 Å². The van der Waals surface area contributed by atoms with Gasteiger partial charge in [-0.25, -0.2) is 0 Å². The van der Waals surface area contributed by atoms with Crippen LogP contribution in [0.5, 0.6) is 0 Å². The van der Waals surface area contributed by atoms with E-state index in [1.165, 1.54) is 32.8 Å². The van der Waals surface area contributed by atoms with Crippen molar-refractivity contribution in [3.05, 3.63) is 78.4 Å². The average molecular weight is 413 g/mol. The maximum Gasteiger partial charge on any atom is 0.309 e. The van der Waals surface area contributed by atoms with Gasteiger partial charge in [-0.15, -0.1) is 0 Å². The van der Waals surface area contributed by atoms with Gasteiger partial charge in [-0.2, -0.15) is 0 Å². The van der Waals surface area contributed by atoms with Crippen LogP contribution in [0.25, 0.3) is 21.8 Å². The molecule has 4 rings (SSSR count). The number of fused-ring (bicyclic) bond motifs is 3. The maximum absolute atomic E-state index is 6.36. The molecule has 1 aromatic heterocycles. The molecule has 3 aromatic carbocycles. The highest BCUT2D eigenvalue weighted by Gasteiger charge is 2.40. The highest BCUT2D eigenvalue weighted by atomic mass is 16.5. The fourth-order valence-electron chi connectivity index (χ4n) is 4.41. The summed E-state index contributed by atoms with van der Waals surface area (Å²) >= 11 is 0. The third-order valence-corrected chi connectivity index (χ3v) is 7.01. The van der Waals surface area contributed by atoms with Crippen molar-refractivity contribution in [1.82, 2.24) is 4.57 Å². The molecule has 160 valence electrons. The van der Waals surface area contributed by atoms with E-state index in [1.54, 1.807) is 7.11 Å². The van der Waals surface area contributed by atoms with Gasteiger partial charge in [0.05, 0.1) is 11.2 Å². The molecule has 4 heteroatoms. The number of methoxy groups -OCH3 is 1. The minimum atomic E-state index is -0.390. The predicted molar refractivity (Wildman–Crippen MR) is 133 cm³/mol. The quantitative estimate of drug-likeness (QED) is 0.360. The van der Waals surface area contributed by atoms with Gasteiger partial charge in [-0.05, 0) is 44.9 Å². The molecule has 31 heavy (non-hydrogen) atoms. The molecule has 0 spiro atoms. The second-order valence-corrected chi connectivity index (χ2v) is 9.03. The lowest BCUT2D eigenvalue weighted by atomic mass is 9.80. The van der Waals surface area contributed by atoms with Gasteiger partial charge < -0.3 is 14.0 Å². The molecule has 0 saturated carbocycles. The molecule has 0 bridgehead atoms. The first-order chi connectivity index (χ1) is 14.9. The molecule has 0 amide bonds. The van der Waals surface area contributed by atoms with Gasteiger partial charge >= 0.3 is 7.48 Å². The van der Waals surface area contributed by atoms with Gasteiger partial charge in [0.25, 0.3) is 0 Å². The number of hydrogen-bond donors (Lipinski definition) is 0. The van der Waals surface area contributed by atoms with Crippen molar-refractivity contribution < 1.29 is 9.39 Å². The zero-order chi connectivity index (χ0) is 22.1. The lowest BCUT2D eigenvalue weighted by Crippen LogP contribution is -2.52. The van der Waals surface area contributed by atoms with Gasteiger partial charge in [0.15, 0.2) is 0 Å². The Morgan fingerprint density at radius 2 is 1.45 bits per heavy atom. The molecule has 0 fully saturated rings. The number of aromatic nitrogens is 1. The minimum absolute atomic E-state index is 0.326. The first kappa shape index (κ1) is 21.7. The molecule has 4 aromatic rings. The topological polar surface area (TPSA) is 23.4 Å². The van der Waals surface area contributed by atoms with Crippen LogP contribution < -0.4 is 5.46 Å². The Kier molecular flexibility index (Phi) is 5.96. The summed E-state index contributed by atoms with van der Waals surface area (Å²) in [6.45, 7) is 9.31. The lowest BCUT2D eigenvalue weighted by molar-refractivity contribution is -0.128. The van der Waals surface area contributed by atoms with Crippen molar-refractivity contribution in [3.8, 4) is 0 Å². The van der Waals surface area contributed by atoms with Crippen LogP contribution >= 0.6 is 0 Å². The molecule has 1 heterocycles. The van der Waals surface area contributed by atoms with E-state index in [4.69, 9.17) is 9.39 Å². The van der Waals surface area contributed by atoms with Crippen LogP contribution in [0.2, 0.25) is 0 Å². The molecule has 0 N–H and O–H groups in total. The lowest BCUT2D eigenvalue weighted by Gasteiger charge is -2.43. The second kappa shape index (κ2) is 8.53. The Labute approximate surface area is 186 Å². The molecule has 1 atom stereocenters. The highest BCUT2D eigenvalue weighted by Crippen LogP contribution is 2.32. The smallest absolute Gasteiger partial charge is 0.309 e. The molecular formula is C27H32BNO2. The number of hydrogen-bond acceptors (Lipinski definition) is 2. The Morgan fingerprint density at radius 3 is 2.03 bits per heavy atom. The van der Waals surface area contributed by atoms with Crippen LogP contribution in [-0.4, -0.2) is 30.4 Å². The molecule has 1 unspecified atom stereocenters. The Hall–Kier alpha value is -2.56. The van der Waals surface area contributed by atoms with Crippen molar-refractivity contribution in [2.75, 3.05) is 7.11 Å². The Balaban J connectivity index is 1.60. The first-order valence-corrected chi connectivity index (χ1v) is 11.1. The zero-order valence-electron chi connectivity index (χ0n) is 19.3. The highest BCUT2D eigenvalue weighted by molar-refractivity contribution is 6.47. The molecular weight excluding hydrogens is 381 g/mol. The summed E-state index contributed by atoms with van der Waals surface area (Å²) in [6.07, 6.45) is 0.893. The van der Waals surface area contributed by atoms with E-state index in [-0.39, 0.29) is 11.2 Å². The van der Waals surface area contributed by atoms with Gasteiger partial charge in [-0.1, -0.05) is 73.1 Å². The minimum Gasteiger partial charge on any atom is -0.427 e. The first-order valence-electron chi connectivity index (χ1n) is 11.1. The van der Waals surface area contributed by atoms with Gasteiger partial charge in [0.1, 0.15) is 0 Å². The summed E-state index contributed by atoms with van der Waals surface area (Å²) in [5.41, 5.74) is 4.28. The van der Waals surface area contributed by atoms with E-state index in [0.29, 0.717) is 7.48 Å². The fourth-order valence-corrected chi connectivity index (χ4v) is 4.41. The standard InChI is InChI=1S/C27H32BNO2/c1-6-27(4,30-5)26(2,3)31-28-21-13-11-12-20(18-21)19-29-24-16-9-7-14-22(24)23-15-8-10-17-25(23)29/h7-18,28H,6,19H2,1-5H3. The number of ether oxygens (including phenoxy) is 1. The summed E-state index contributed by atoms with van der Waals surface area (Å²) in [6, 6.07) is 26.0. The average Bonchev–Trinajstić information content (AvgIpc) is 3.11. The number of para-hydroxylation sites is 2. The third kappa shape index (κ3) is 4.02. The number of rotatable bonds is 8. The van der Waals surface area contributed by atoms with Crippen LogP contribution in [-0.2, 0) is 15.9 Å². The number of benzene rings is 3. The van der Waals surface area contributed by atoms with Crippen molar-refractivity contribution in [2.24, 2.45) is 0 Å². The predicted octanol–water partition coefficient (Wildman–Crippen LogP) is 5.43. The molecule has 0 saturated heterocycles. The van der Waals surface area contributed by atoms with Crippen molar-refractivity contribution in [1.29, 1.82) is 0 Å². The van der Waals surface area contributed by atoms with Crippen LogP contribution in [0.15, 0.2) is 72.8 Å². The van der Waals surface area contributed by atoms with E-state index in [1.807, 2.05) is 0 Å². The maximum atomic E-state index is 6.36. The van der Waals surface area contributed by atoms with Crippen LogP contribution in [0.4, 0.5) is 0 Å². The molecule has 0 radical (unpaired) electrons. The summed E-state index contributed by atoms with van der Waals surface area (Å²) in [5.74, 6) is 0.